The van der Waals surface area contributed by atoms with Crippen LogP contribution < -0.4 is 5.32 Å². The number of hydrogen-bond donors (Lipinski definition) is 1. The van der Waals surface area contributed by atoms with Crippen molar-refractivity contribution in [1.29, 1.82) is 0 Å². The third kappa shape index (κ3) is 4.06. The number of aromatic nitrogens is 3. The van der Waals surface area contributed by atoms with Gasteiger partial charge in [0.1, 0.15) is 5.82 Å². The molecule has 0 aliphatic heterocycles. The van der Waals surface area contributed by atoms with Crippen LogP contribution in [-0.2, 0) is 6.18 Å². The summed E-state index contributed by atoms with van der Waals surface area (Å²) in [5, 5.41) is 9.38. The summed E-state index contributed by atoms with van der Waals surface area (Å²) in [6.45, 7) is 1.63. The highest BCUT2D eigenvalue weighted by Gasteiger charge is 2.42. The smallest absolute Gasteiger partial charge is 0.344 e. The second-order valence-electron chi connectivity index (χ2n) is 5.89. The van der Waals surface area contributed by atoms with Gasteiger partial charge in [0, 0.05) is 4.47 Å². The number of benzene rings is 2. The van der Waals surface area contributed by atoms with Crippen LogP contribution in [0.15, 0.2) is 53.0 Å². The van der Waals surface area contributed by atoms with Crippen LogP contribution in [0, 0.1) is 5.82 Å². The molecule has 0 saturated heterocycles. The minimum absolute atomic E-state index is 0.0703. The van der Waals surface area contributed by atoms with E-state index in [1.165, 1.54) is 0 Å². The average Bonchev–Trinajstić information content (AvgIpc) is 3.08. The Morgan fingerprint density at radius 2 is 1.79 bits per heavy atom. The summed E-state index contributed by atoms with van der Waals surface area (Å²) in [4.78, 5) is 12.5. The molecule has 3 rings (SSSR count). The fourth-order valence-electron chi connectivity index (χ4n) is 2.62. The molecule has 1 unspecified atom stereocenters. The molecule has 0 fully saturated rings. The lowest BCUT2D eigenvalue weighted by atomic mass is 10.1. The Balaban J connectivity index is 1.96. The Labute approximate surface area is 165 Å². The molecule has 146 valence electrons. The molecular weight excluding hydrogens is 444 g/mol. The van der Waals surface area contributed by atoms with E-state index in [1.54, 1.807) is 31.2 Å². The molecule has 0 radical (unpaired) electrons. The SMILES string of the molecule is CC(NC(=O)c1nnn(-c2ccc(F)cc2)c1C(F)(F)F)c1ccccc1Br. The molecule has 0 spiro atoms. The Bertz CT molecular complexity index is 1000. The zero-order valence-electron chi connectivity index (χ0n) is 14.3. The van der Waals surface area contributed by atoms with E-state index in [0.717, 1.165) is 24.3 Å². The van der Waals surface area contributed by atoms with Crippen LogP contribution >= 0.6 is 15.9 Å². The first-order valence-corrected chi connectivity index (χ1v) is 8.82. The van der Waals surface area contributed by atoms with E-state index in [-0.39, 0.29) is 5.69 Å². The summed E-state index contributed by atoms with van der Waals surface area (Å²) in [5.41, 5.74) is -1.58. The number of amides is 1. The van der Waals surface area contributed by atoms with Gasteiger partial charge in [0.25, 0.3) is 5.91 Å². The van der Waals surface area contributed by atoms with Gasteiger partial charge >= 0.3 is 6.18 Å². The van der Waals surface area contributed by atoms with Gasteiger partial charge in [-0.25, -0.2) is 9.07 Å². The average molecular weight is 457 g/mol. The van der Waals surface area contributed by atoms with Crippen LogP contribution in [0.2, 0.25) is 0 Å². The minimum atomic E-state index is -4.90. The number of alkyl halides is 3. The van der Waals surface area contributed by atoms with Crippen LogP contribution in [0.3, 0.4) is 0 Å². The summed E-state index contributed by atoms with van der Waals surface area (Å²) in [6, 6.07) is 10.6. The van der Waals surface area contributed by atoms with Gasteiger partial charge in [-0.3, -0.25) is 4.79 Å². The molecule has 5 nitrogen and oxygen atoms in total. The molecule has 1 atom stereocenters. The number of rotatable bonds is 4. The van der Waals surface area contributed by atoms with Crippen molar-refractivity contribution in [2.75, 3.05) is 0 Å². The number of hydrogen-bond acceptors (Lipinski definition) is 3. The fourth-order valence-corrected chi connectivity index (χ4v) is 3.25. The molecule has 3 aromatic rings. The van der Waals surface area contributed by atoms with Crippen molar-refractivity contribution >= 4 is 21.8 Å². The van der Waals surface area contributed by atoms with Crippen LogP contribution in [0.5, 0.6) is 0 Å². The zero-order chi connectivity index (χ0) is 20.5. The lowest BCUT2D eigenvalue weighted by Crippen LogP contribution is -2.29. The predicted molar refractivity (Wildman–Crippen MR) is 96.3 cm³/mol. The lowest BCUT2D eigenvalue weighted by Gasteiger charge is -2.16. The molecule has 0 aliphatic carbocycles. The topological polar surface area (TPSA) is 59.8 Å². The maximum absolute atomic E-state index is 13.6. The first-order valence-electron chi connectivity index (χ1n) is 8.02. The van der Waals surface area contributed by atoms with E-state index in [1.807, 2.05) is 0 Å². The van der Waals surface area contributed by atoms with Gasteiger partial charge in [0.05, 0.1) is 11.7 Å². The van der Waals surface area contributed by atoms with Gasteiger partial charge in [-0.15, -0.1) is 5.10 Å². The lowest BCUT2D eigenvalue weighted by molar-refractivity contribution is -0.143. The van der Waals surface area contributed by atoms with Crippen molar-refractivity contribution in [2.24, 2.45) is 0 Å². The molecule has 1 amide bonds. The Morgan fingerprint density at radius 1 is 1.14 bits per heavy atom. The highest BCUT2D eigenvalue weighted by molar-refractivity contribution is 9.10. The van der Waals surface area contributed by atoms with Gasteiger partial charge in [-0.1, -0.05) is 39.3 Å². The van der Waals surface area contributed by atoms with Gasteiger partial charge in [0.15, 0.2) is 11.4 Å². The summed E-state index contributed by atoms with van der Waals surface area (Å²) >= 11 is 3.34. The number of nitrogens with zero attached hydrogens (tertiary/aromatic N) is 3. The molecule has 1 N–H and O–H groups in total. The van der Waals surface area contributed by atoms with E-state index in [9.17, 15) is 22.4 Å². The van der Waals surface area contributed by atoms with Crippen molar-refractivity contribution < 1.29 is 22.4 Å². The number of carbonyl (C=O) groups is 1. The molecule has 0 aliphatic rings. The second-order valence-corrected chi connectivity index (χ2v) is 6.74. The molecule has 0 saturated carbocycles. The van der Waals surface area contributed by atoms with Crippen molar-refractivity contribution in [3.63, 3.8) is 0 Å². The second kappa shape index (κ2) is 7.70. The molecule has 0 bridgehead atoms. The first-order chi connectivity index (χ1) is 13.2. The van der Waals surface area contributed by atoms with Crippen molar-refractivity contribution in [3.05, 3.63) is 75.8 Å². The van der Waals surface area contributed by atoms with Crippen LogP contribution in [-0.4, -0.2) is 20.9 Å². The maximum atomic E-state index is 13.6. The standard InChI is InChI=1S/C18H13BrF4N4O/c1-10(13-4-2-3-5-14(13)19)24-17(28)15-16(18(21,22)23)27(26-25-15)12-8-6-11(20)7-9-12/h2-10H,1H3,(H,24,28). The number of nitrogens with one attached hydrogen (secondary N) is 1. The first kappa shape index (κ1) is 20.0. The molecule has 28 heavy (non-hydrogen) atoms. The van der Waals surface area contributed by atoms with Crippen molar-refractivity contribution in [2.45, 2.75) is 19.1 Å². The summed E-state index contributed by atoms with van der Waals surface area (Å²) < 4.78 is 55.1. The quantitative estimate of drug-likeness (QED) is 0.579. The van der Waals surface area contributed by atoms with E-state index in [2.05, 4.69) is 31.6 Å². The third-order valence-electron chi connectivity index (χ3n) is 3.94. The van der Waals surface area contributed by atoms with Gasteiger partial charge in [-0.05, 0) is 42.8 Å². The van der Waals surface area contributed by atoms with Crippen LogP contribution in [0.4, 0.5) is 17.6 Å². The molecule has 1 aromatic heterocycles. The molecule has 1 heterocycles. The summed E-state index contributed by atoms with van der Waals surface area (Å²) in [7, 11) is 0. The van der Waals surface area contributed by atoms with E-state index < -0.39 is 35.3 Å². The minimum Gasteiger partial charge on any atom is -0.344 e. The van der Waals surface area contributed by atoms with Crippen LogP contribution in [0.25, 0.3) is 5.69 Å². The number of carbonyl (C=O) groups excluding carboxylic acids is 1. The zero-order valence-corrected chi connectivity index (χ0v) is 15.9. The fraction of sp³-hybridized carbons (Fsp3) is 0.167. The largest absolute Gasteiger partial charge is 0.435 e. The predicted octanol–water partition coefficient (Wildman–Crippen LogP) is 4.68. The highest BCUT2D eigenvalue weighted by Crippen LogP contribution is 2.33. The van der Waals surface area contributed by atoms with Crippen LogP contribution in [0.1, 0.15) is 34.7 Å². The normalized spacial score (nSPS) is 12.6. The maximum Gasteiger partial charge on any atom is 0.435 e. The van der Waals surface area contributed by atoms with E-state index in [4.69, 9.17) is 0 Å². The number of halogens is 5. The molecule has 2 aromatic carbocycles. The Morgan fingerprint density at radius 3 is 2.39 bits per heavy atom. The Hall–Kier alpha value is -2.75. The van der Waals surface area contributed by atoms with Gasteiger partial charge in [-0.2, -0.15) is 13.2 Å². The molecule has 10 heteroatoms. The van der Waals surface area contributed by atoms with E-state index >= 15 is 0 Å². The highest BCUT2D eigenvalue weighted by atomic mass is 79.9. The summed E-state index contributed by atoms with van der Waals surface area (Å²) in [6.07, 6.45) is -4.90. The van der Waals surface area contributed by atoms with Crippen molar-refractivity contribution in [1.82, 2.24) is 20.3 Å². The van der Waals surface area contributed by atoms with Crippen molar-refractivity contribution in [3.8, 4) is 5.69 Å². The Kier molecular flexibility index (Phi) is 5.50. The van der Waals surface area contributed by atoms with Gasteiger partial charge < -0.3 is 5.32 Å². The monoisotopic (exact) mass is 456 g/mol. The molecular formula is C18H13BrF4N4O. The third-order valence-corrected chi connectivity index (χ3v) is 4.67. The van der Waals surface area contributed by atoms with E-state index in [0.29, 0.717) is 14.7 Å². The summed E-state index contributed by atoms with van der Waals surface area (Å²) in [5.74, 6) is -1.64. The van der Waals surface area contributed by atoms with Gasteiger partial charge in [0.2, 0.25) is 0 Å².